The van der Waals surface area contributed by atoms with Crippen LogP contribution < -0.4 is 0 Å². The topological polar surface area (TPSA) is 12.9 Å². The van der Waals surface area contributed by atoms with Crippen LogP contribution in [-0.2, 0) is 0 Å². The van der Waals surface area contributed by atoms with Crippen LogP contribution in [0.1, 0.15) is 25.3 Å². The largest absolute Gasteiger partial charge is 0.255 e. The molecule has 2 rings (SSSR count). The van der Waals surface area contributed by atoms with E-state index in [0.717, 1.165) is 14.9 Å². The lowest BCUT2D eigenvalue weighted by molar-refractivity contribution is 0.859. The molecular weight excluding hydrogens is 226 g/mol. The molecule has 0 bridgehead atoms. The molecule has 2 aromatic rings. The van der Waals surface area contributed by atoms with E-state index in [1.54, 1.807) is 11.3 Å². The van der Waals surface area contributed by atoms with Crippen LogP contribution in [-0.4, -0.2) is 4.98 Å². The number of aromatic nitrogens is 1. The summed E-state index contributed by atoms with van der Waals surface area (Å²) < 4.78 is 0.805. The lowest BCUT2D eigenvalue weighted by Crippen LogP contribution is -1.89. The van der Waals surface area contributed by atoms with Crippen LogP contribution in [0, 0.1) is 0 Å². The molecule has 1 nitrogen and oxygen atoms in total. The minimum atomic E-state index is 0.526. The first-order chi connectivity index (χ1) is 7.16. The Morgan fingerprint density at radius 3 is 2.47 bits per heavy atom. The zero-order chi connectivity index (χ0) is 10.8. The van der Waals surface area contributed by atoms with Crippen molar-refractivity contribution in [3.63, 3.8) is 0 Å². The molecule has 0 unspecified atom stereocenters. The van der Waals surface area contributed by atoms with Gasteiger partial charge in [-0.25, -0.2) is 0 Å². The summed E-state index contributed by atoms with van der Waals surface area (Å²) in [5, 5.41) is 0. The van der Waals surface area contributed by atoms with Gasteiger partial charge in [0.05, 0.1) is 14.9 Å². The molecule has 3 heteroatoms. The van der Waals surface area contributed by atoms with Gasteiger partial charge >= 0.3 is 0 Å². The first-order valence-corrected chi connectivity index (χ1v) is 6.08. The van der Waals surface area contributed by atoms with Crippen molar-refractivity contribution >= 4 is 22.9 Å². The number of nitrogens with zero attached hydrogens (tertiary/aromatic N) is 1. The van der Waals surface area contributed by atoms with Crippen LogP contribution in [0.3, 0.4) is 0 Å². The fourth-order valence-electron chi connectivity index (χ4n) is 1.34. The van der Waals surface area contributed by atoms with Gasteiger partial charge < -0.3 is 0 Å². The summed E-state index contributed by atoms with van der Waals surface area (Å²) in [5.41, 5.74) is 2.26. The molecule has 0 fully saturated rings. The highest BCUT2D eigenvalue weighted by Gasteiger charge is 2.04. The molecule has 0 aliphatic heterocycles. The number of hydrogen-bond donors (Lipinski definition) is 0. The smallest absolute Gasteiger partial charge is 0.0935 e. The molecule has 0 radical (unpaired) electrons. The van der Waals surface area contributed by atoms with Gasteiger partial charge in [-0.15, -0.1) is 11.3 Å². The molecule has 78 valence electrons. The highest BCUT2D eigenvalue weighted by molar-refractivity contribution is 7.19. The second-order valence-electron chi connectivity index (χ2n) is 3.74. The standard InChI is InChI=1S/C12H12ClNS/c1-8(2)9-3-4-10(14-7-9)11-5-6-12(13)15-11/h3-8H,1-2H3. The monoisotopic (exact) mass is 237 g/mol. The predicted octanol–water partition coefficient (Wildman–Crippen LogP) is 4.59. The van der Waals surface area contributed by atoms with E-state index in [0.29, 0.717) is 5.92 Å². The molecule has 0 aliphatic rings. The Balaban J connectivity index is 2.31. The van der Waals surface area contributed by atoms with Gasteiger partial charge in [-0.1, -0.05) is 31.5 Å². The summed E-state index contributed by atoms with van der Waals surface area (Å²) >= 11 is 7.44. The molecule has 2 heterocycles. The number of hydrogen-bond acceptors (Lipinski definition) is 2. The quantitative estimate of drug-likeness (QED) is 0.745. The molecule has 0 aromatic carbocycles. The molecule has 2 aromatic heterocycles. The van der Waals surface area contributed by atoms with E-state index >= 15 is 0 Å². The number of halogens is 1. The Kier molecular flexibility index (Phi) is 3.08. The number of pyridine rings is 1. The maximum Gasteiger partial charge on any atom is 0.0935 e. The van der Waals surface area contributed by atoms with Crippen LogP contribution in [0.15, 0.2) is 30.5 Å². The van der Waals surface area contributed by atoms with Crippen molar-refractivity contribution in [1.82, 2.24) is 4.98 Å². The summed E-state index contributed by atoms with van der Waals surface area (Å²) in [5.74, 6) is 0.526. The maximum absolute atomic E-state index is 5.88. The molecule has 0 saturated heterocycles. The lowest BCUT2D eigenvalue weighted by Gasteiger charge is -2.04. The summed E-state index contributed by atoms with van der Waals surface area (Å²) in [7, 11) is 0. The van der Waals surface area contributed by atoms with Crippen molar-refractivity contribution in [2.45, 2.75) is 19.8 Å². The average Bonchev–Trinajstić information content (AvgIpc) is 2.65. The Morgan fingerprint density at radius 2 is 2.00 bits per heavy atom. The Labute approximate surface area is 98.7 Å². The van der Waals surface area contributed by atoms with E-state index in [2.05, 4.69) is 31.0 Å². The van der Waals surface area contributed by atoms with Gasteiger partial charge in [-0.3, -0.25) is 4.98 Å². The normalized spacial score (nSPS) is 10.9. The van der Waals surface area contributed by atoms with Crippen molar-refractivity contribution in [3.05, 3.63) is 40.4 Å². The molecule has 0 spiro atoms. The third-order valence-electron chi connectivity index (χ3n) is 2.28. The highest BCUT2D eigenvalue weighted by Crippen LogP contribution is 2.30. The van der Waals surface area contributed by atoms with Crippen molar-refractivity contribution in [3.8, 4) is 10.6 Å². The van der Waals surface area contributed by atoms with Gasteiger partial charge in [0, 0.05) is 6.20 Å². The van der Waals surface area contributed by atoms with Gasteiger partial charge in [-0.05, 0) is 29.7 Å². The zero-order valence-electron chi connectivity index (χ0n) is 8.70. The van der Waals surface area contributed by atoms with Gasteiger partial charge in [0.15, 0.2) is 0 Å². The molecule has 0 N–H and O–H groups in total. The van der Waals surface area contributed by atoms with Crippen molar-refractivity contribution < 1.29 is 0 Å². The number of thiophene rings is 1. The van der Waals surface area contributed by atoms with E-state index in [-0.39, 0.29) is 0 Å². The second kappa shape index (κ2) is 4.33. The minimum Gasteiger partial charge on any atom is -0.255 e. The second-order valence-corrected chi connectivity index (χ2v) is 5.45. The molecule has 0 saturated carbocycles. The van der Waals surface area contributed by atoms with E-state index in [1.165, 1.54) is 5.56 Å². The van der Waals surface area contributed by atoms with Gasteiger partial charge in [0.2, 0.25) is 0 Å². The first-order valence-electron chi connectivity index (χ1n) is 4.88. The zero-order valence-corrected chi connectivity index (χ0v) is 10.3. The number of rotatable bonds is 2. The summed E-state index contributed by atoms with van der Waals surface area (Å²) in [4.78, 5) is 5.56. The Hall–Kier alpha value is -0.860. The van der Waals surface area contributed by atoms with Crippen LogP contribution in [0.2, 0.25) is 4.34 Å². The van der Waals surface area contributed by atoms with Gasteiger partial charge in [0.25, 0.3) is 0 Å². The molecule has 0 amide bonds. The first kappa shape index (κ1) is 10.7. The van der Waals surface area contributed by atoms with Gasteiger partial charge in [-0.2, -0.15) is 0 Å². The molecule has 15 heavy (non-hydrogen) atoms. The van der Waals surface area contributed by atoms with Crippen molar-refractivity contribution in [2.75, 3.05) is 0 Å². The molecule has 0 aliphatic carbocycles. The van der Waals surface area contributed by atoms with Crippen LogP contribution in [0.25, 0.3) is 10.6 Å². The highest BCUT2D eigenvalue weighted by atomic mass is 35.5. The van der Waals surface area contributed by atoms with Crippen LogP contribution >= 0.6 is 22.9 Å². The van der Waals surface area contributed by atoms with Crippen LogP contribution in [0.5, 0.6) is 0 Å². The third kappa shape index (κ3) is 2.39. The fraction of sp³-hybridized carbons (Fsp3) is 0.250. The van der Waals surface area contributed by atoms with E-state index in [9.17, 15) is 0 Å². The lowest BCUT2D eigenvalue weighted by atomic mass is 10.1. The predicted molar refractivity (Wildman–Crippen MR) is 66.6 cm³/mol. The molecule has 0 atom stereocenters. The van der Waals surface area contributed by atoms with E-state index in [1.807, 2.05) is 18.3 Å². The third-order valence-corrected chi connectivity index (χ3v) is 3.53. The Morgan fingerprint density at radius 1 is 1.20 bits per heavy atom. The minimum absolute atomic E-state index is 0.526. The Bertz CT molecular complexity index is 445. The van der Waals surface area contributed by atoms with Crippen molar-refractivity contribution in [1.29, 1.82) is 0 Å². The summed E-state index contributed by atoms with van der Waals surface area (Å²) in [6, 6.07) is 8.09. The van der Waals surface area contributed by atoms with Crippen molar-refractivity contribution in [2.24, 2.45) is 0 Å². The maximum atomic E-state index is 5.88. The summed E-state index contributed by atoms with van der Waals surface area (Å²) in [6.45, 7) is 4.33. The fourth-order valence-corrected chi connectivity index (χ4v) is 2.36. The summed E-state index contributed by atoms with van der Waals surface area (Å²) in [6.07, 6.45) is 1.94. The van der Waals surface area contributed by atoms with E-state index in [4.69, 9.17) is 11.6 Å². The average molecular weight is 238 g/mol. The van der Waals surface area contributed by atoms with E-state index < -0.39 is 0 Å². The SMILES string of the molecule is CC(C)c1ccc(-c2ccc(Cl)s2)nc1. The van der Waals surface area contributed by atoms with Gasteiger partial charge in [0.1, 0.15) is 0 Å². The van der Waals surface area contributed by atoms with Crippen LogP contribution in [0.4, 0.5) is 0 Å². The molecular formula is C12H12ClNS.